The summed E-state index contributed by atoms with van der Waals surface area (Å²) in [6, 6.07) is 7.05. The van der Waals surface area contributed by atoms with Crippen LogP contribution in [0.25, 0.3) is 0 Å². The van der Waals surface area contributed by atoms with Crippen LogP contribution in [-0.4, -0.2) is 34.7 Å². The smallest absolute Gasteiger partial charge is 0.240 e. The van der Waals surface area contributed by atoms with Crippen LogP contribution in [0.5, 0.6) is 0 Å². The molecule has 1 aliphatic rings. The van der Waals surface area contributed by atoms with Crippen LogP contribution in [0.1, 0.15) is 6.42 Å². The third-order valence-corrected chi connectivity index (χ3v) is 4.13. The molecule has 2 rings (SSSR count). The predicted octanol–water partition coefficient (Wildman–Crippen LogP) is 0.795. The molecule has 1 unspecified atom stereocenters. The second-order valence-corrected chi connectivity index (χ2v) is 5.83. The largest absolute Gasteiger partial charge is 0.380 e. The number of anilines is 1. The first-order valence-electron chi connectivity index (χ1n) is 5.50. The molecule has 5 nitrogen and oxygen atoms in total. The van der Waals surface area contributed by atoms with Gasteiger partial charge in [0.15, 0.2) is 0 Å². The Morgan fingerprint density at radius 1 is 1.41 bits per heavy atom. The van der Waals surface area contributed by atoms with E-state index in [0.717, 1.165) is 18.7 Å². The molecule has 1 aromatic rings. The molecule has 17 heavy (non-hydrogen) atoms. The second-order valence-electron chi connectivity index (χ2n) is 3.94. The summed E-state index contributed by atoms with van der Waals surface area (Å²) in [4.78, 5) is 0.268. The lowest BCUT2D eigenvalue weighted by molar-refractivity contribution is 0.195. The molecule has 0 aliphatic carbocycles. The molecule has 1 saturated heterocycles. The molecule has 0 saturated carbocycles. The summed E-state index contributed by atoms with van der Waals surface area (Å²) < 4.78 is 30.8. The fraction of sp³-hybridized carbons (Fsp3) is 0.455. The molecule has 1 aliphatic heterocycles. The predicted molar refractivity (Wildman–Crippen MR) is 65.5 cm³/mol. The van der Waals surface area contributed by atoms with Gasteiger partial charge < -0.3 is 10.1 Å². The number of ether oxygens (including phenoxy) is 1. The Labute approximate surface area is 101 Å². The average molecular weight is 256 g/mol. The van der Waals surface area contributed by atoms with Gasteiger partial charge in [0.2, 0.25) is 10.0 Å². The Morgan fingerprint density at radius 3 is 2.88 bits per heavy atom. The zero-order valence-corrected chi connectivity index (χ0v) is 10.5. The van der Waals surface area contributed by atoms with E-state index in [4.69, 9.17) is 4.74 Å². The first kappa shape index (κ1) is 12.3. The average Bonchev–Trinajstić information content (AvgIpc) is 2.82. The maximum absolute atomic E-state index is 11.6. The van der Waals surface area contributed by atoms with Crippen LogP contribution in [0.3, 0.4) is 0 Å². The van der Waals surface area contributed by atoms with Crippen LogP contribution in [-0.2, 0) is 14.8 Å². The summed E-state index contributed by atoms with van der Waals surface area (Å²) in [6.07, 6.45) is 0.947. The molecule has 1 atom stereocenters. The van der Waals surface area contributed by atoms with Crippen molar-refractivity contribution in [2.75, 3.05) is 25.6 Å². The minimum atomic E-state index is -3.38. The van der Waals surface area contributed by atoms with Crippen LogP contribution >= 0.6 is 0 Å². The zero-order valence-electron chi connectivity index (χ0n) is 9.64. The van der Waals surface area contributed by atoms with E-state index in [1.54, 1.807) is 18.2 Å². The molecule has 1 aromatic carbocycles. The number of nitrogens with one attached hydrogen (secondary N) is 2. The zero-order chi connectivity index (χ0) is 12.3. The van der Waals surface area contributed by atoms with E-state index in [1.807, 2.05) is 6.07 Å². The highest BCUT2D eigenvalue weighted by Gasteiger charge is 2.16. The quantitative estimate of drug-likeness (QED) is 0.836. The van der Waals surface area contributed by atoms with Crippen molar-refractivity contribution in [2.45, 2.75) is 17.4 Å². The van der Waals surface area contributed by atoms with Crippen molar-refractivity contribution in [3.05, 3.63) is 24.3 Å². The number of hydrogen-bond donors (Lipinski definition) is 2. The summed E-state index contributed by atoms with van der Waals surface area (Å²) in [5.74, 6) is 0. The number of rotatable bonds is 4. The highest BCUT2D eigenvalue weighted by Crippen LogP contribution is 2.18. The summed E-state index contributed by atoms with van der Waals surface area (Å²) in [6.45, 7) is 1.43. The Morgan fingerprint density at radius 2 is 2.24 bits per heavy atom. The molecule has 0 radical (unpaired) electrons. The van der Waals surface area contributed by atoms with Crippen LogP contribution in [0.2, 0.25) is 0 Å². The van der Waals surface area contributed by atoms with E-state index in [1.165, 1.54) is 7.05 Å². The van der Waals surface area contributed by atoms with Gasteiger partial charge in [0.05, 0.1) is 17.5 Å². The highest BCUT2D eigenvalue weighted by molar-refractivity contribution is 7.89. The van der Waals surface area contributed by atoms with E-state index < -0.39 is 10.0 Å². The lowest BCUT2D eigenvalue weighted by Gasteiger charge is -2.13. The van der Waals surface area contributed by atoms with Crippen LogP contribution < -0.4 is 10.0 Å². The first-order chi connectivity index (χ1) is 8.12. The second kappa shape index (κ2) is 5.03. The van der Waals surface area contributed by atoms with Gasteiger partial charge in [-0.15, -0.1) is 0 Å². The van der Waals surface area contributed by atoms with Gasteiger partial charge in [0.1, 0.15) is 0 Å². The van der Waals surface area contributed by atoms with Gasteiger partial charge in [-0.2, -0.15) is 0 Å². The minimum Gasteiger partial charge on any atom is -0.380 e. The minimum absolute atomic E-state index is 0.266. The standard InChI is InChI=1S/C11H16N2O3S/c1-12-17(14,15)11-4-2-3-9(7-11)13-10-5-6-16-8-10/h2-4,7,10,12-13H,5-6,8H2,1H3. The van der Waals surface area contributed by atoms with Gasteiger partial charge in [-0.25, -0.2) is 13.1 Å². The molecule has 6 heteroatoms. The van der Waals surface area contributed by atoms with Crippen molar-refractivity contribution in [3.63, 3.8) is 0 Å². The molecular formula is C11H16N2O3S. The van der Waals surface area contributed by atoms with Gasteiger partial charge in [-0.3, -0.25) is 0 Å². The monoisotopic (exact) mass is 256 g/mol. The SMILES string of the molecule is CNS(=O)(=O)c1cccc(NC2CCOC2)c1. The molecule has 0 bridgehead atoms. The number of benzene rings is 1. The fourth-order valence-electron chi connectivity index (χ4n) is 1.75. The molecule has 94 valence electrons. The molecular weight excluding hydrogens is 240 g/mol. The van der Waals surface area contributed by atoms with E-state index in [0.29, 0.717) is 6.61 Å². The van der Waals surface area contributed by atoms with E-state index in [-0.39, 0.29) is 10.9 Å². The Hall–Kier alpha value is -1.11. The van der Waals surface area contributed by atoms with Crippen molar-refractivity contribution < 1.29 is 13.2 Å². The van der Waals surface area contributed by atoms with Crippen molar-refractivity contribution >= 4 is 15.7 Å². The van der Waals surface area contributed by atoms with Crippen LogP contribution in [0.15, 0.2) is 29.2 Å². The summed E-state index contributed by atoms with van der Waals surface area (Å²) in [5.41, 5.74) is 0.803. The van der Waals surface area contributed by atoms with Crippen LogP contribution in [0.4, 0.5) is 5.69 Å². The van der Waals surface area contributed by atoms with Crippen LogP contribution in [0, 0.1) is 0 Å². The topological polar surface area (TPSA) is 67.4 Å². The molecule has 2 N–H and O–H groups in total. The lowest BCUT2D eigenvalue weighted by Crippen LogP contribution is -2.21. The Bertz CT molecular complexity index is 481. The van der Waals surface area contributed by atoms with Crippen molar-refractivity contribution in [1.29, 1.82) is 0 Å². The molecule has 0 amide bonds. The number of hydrogen-bond acceptors (Lipinski definition) is 4. The van der Waals surface area contributed by atoms with Gasteiger partial charge in [0, 0.05) is 12.3 Å². The third kappa shape index (κ3) is 2.96. The molecule has 0 spiro atoms. The number of sulfonamides is 1. The third-order valence-electron chi connectivity index (χ3n) is 2.71. The van der Waals surface area contributed by atoms with E-state index in [9.17, 15) is 8.42 Å². The van der Waals surface area contributed by atoms with Gasteiger partial charge >= 0.3 is 0 Å². The molecule has 0 aromatic heterocycles. The summed E-state index contributed by atoms with van der Waals surface area (Å²) in [5, 5.41) is 3.26. The van der Waals surface area contributed by atoms with Crippen molar-refractivity contribution in [2.24, 2.45) is 0 Å². The van der Waals surface area contributed by atoms with Gasteiger partial charge in [-0.05, 0) is 31.7 Å². The lowest BCUT2D eigenvalue weighted by atomic mass is 10.2. The maximum atomic E-state index is 11.6. The fourth-order valence-corrected chi connectivity index (χ4v) is 2.53. The first-order valence-corrected chi connectivity index (χ1v) is 6.98. The van der Waals surface area contributed by atoms with E-state index in [2.05, 4.69) is 10.0 Å². The summed E-state index contributed by atoms with van der Waals surface area (Å²) >= 11 is 0. The Kier molecular flexibility index (Phi) is 3.66. The normalized spacial score (nSPS) is 20.4. The summed E-state index contributed by atoms with van der Waals surface area (Å²) in [7, 11) is -1.97. The molecule has 1 fully saturated rings. The van der Waals surface area contributed by atoms with Gasteiger partial charge in [0.25, 0.3) is 0 Å². The molecule has 1 heterocycles. The van der Waals surface area contributed by atoms with Gasteiger partial charge in [-0.1, -0.05) is 6.07 Å². The van der Waals surface area contributed by atoms with Crippen molar-refractivity contribution in [3.8, 4) is 0 Å². The Balaban J connectivity index is 2.16. The van der Waals surface area contributed by atoms with E-state index >= 15 is 0 Å². The van der Waals surface area contributed by atoms with Crippen molar-refractivity contribution in [1.82, 2.24) is 4.72 Å². The highest BCUT2D eigenvalue weighted by atomic mass is 32.2. The maximum Gasteiger partial charge on any atom is 0.240 e.